The second kappa shape index (κ2) is 8.87. The number of hydrogen-bond acceptors (Lipinski definition) is 4. The molecule has 1 unspecified atom stereocenters. The van der Waals surface area contributed by atoms with Gasteiger partial charge >= 0.3 is 0 Å². The van der Waals surface area contributed by atoms with Gasteiger partial charge in [-0.1, -0.05) is 32.0 Å². The van der Waals surface area contributed by atoms with Crippen LogP contribution in [0.3, 0.4) is 0 Å². The number of hydrogen-bond donors (Lipinski definition) is 2. The Balaban J connectivity index is 0.00000225. The van der Waals surface area contributed by atoms with Crippen molar-refractivity contribution in [2.24, 2.45) is 5.92 Å². The van der Waals surface area contributed by atoms with Gasteiger partial charge in [-0.05, 0) is 31.0 Å². The van der Waals surface area contributed by atoms with Gasteiger partial charge in [-0.3, -0.25) is 4.79 Å². The van der Waals surface area contributed by atoms with Gasteiger partial charge in [-0.25, -0.2) is 4.68 Å². The Bertz CT molecular complexity index is 682. The summed E-state index contributed by atoms with van der Waals surface area (Å²) in [6.07, 6.45) is 2.72. The van der Waals surface area contributed by atoms with Crippen molar-refractivity contribution in [3.8, 4) is 11.4 Å². The van der Waals surface area contributed by atoms with Crippen LogP contribution in [0.15, 0.2) is 36.5 Å². The molecule has 3 rings (SSSR count). The van der Waals surface area contributed by atoms with Crippen molar-refractivity contribution >= 4 is 18.3 Å². The molecule has 1 aromatic carbocycles. The summed E-state index contributed by atoms with van der Waals surface area (Å²) in [7, 11) is 0. The van der Waals surface area contributed by atoms with E-state index in [1.165, 1.54) is 0 Å². The second-order valence-electron chi connectivity index (χ2n) is 6.49. The lowest BCUT2D eigenvalue weighted by molar-refractivity contribution is 0.0930. The molecule has 0 spiro atoms. The molecule has 2 heterocycles. The van der Waals surface area contributed by atoms with Crippen LogP contribution in [-0.4, -0.2) is 41.4 Å². The summed E-state index contributed by atoms with van der Waals surface area (Å²) in [6.45, 7) is 6.43. The lowest BCUT2D eigenvalue weighted by atomic mass is 10.2. The van der Waals surface area contributed by atoms with Crippen molar-refractivity contribution in [1.29, 1.82) is 0 Å². The number of ether oxygens (including phenoxy) is 1. The van der Waals surface area contributed by atoms with Gasteiger partial charge in [0.15, 0.2) is 11.4 Å². The van der Waals surface area contributed by atoms with E-state index in [1.54, 1.807) is 10.9 Å². The predicted octanol–water partition coefficient (Wildman–Crippen LogP) is 2.42. The fourth-order valence-electron chi connectivity index (χ4n) is 2.62. The van der Waals surface area contributed by atoms with Crippen molar-refractivity contribution < 1.29 is 9.53 Å². The second-order valence-corrected chi connectivity index (χ2v) is 6.49. The lowest BCUT2D eigenvalue weighted by Crippen LogP contribution is -2.36. The molecule has 2 aromatic rings. The molecule has 1 aliphatic heterocycles. The van der Waals surface area contributed by atoms with Crippen LogP contribution in [0.4, 0.5) is 0 Å². The maximum Gasteiger partial charge on any atom is 0.275 e. The van der Waals surface area contributed by atoms with E-state index in [1.807, 2.05) is 30.3 Å². The summed E-state index contributed by atoms with van der Waals surface area (Å²) < 4.78 is 7.52. The molecular weight excluding hydrogens is 340 g/mol. The Morgan fingerprint density at radius 3 is 2.80 bits per heavy atom. The molecule has 6 nitrogen and oxygen atoms in total. The number of nitrogens with one attached hydrogen (secondary N) is 2. The molecule has 7 heteroatoms. The normalized spacial score (nSPS) is 16.5. The SMILES string of the molecule is CC(C)COc1cn(-c2ccccc2)nc1C(=O)NC1CCNC1.Cl. The molecule has 1 atom stereocenters. The van der Waals surface area contributed by atoms with Crippen molar-refractivity contribution in [2.75, 3.05) is 19.7 Å². The first kappa shape index (κ1) is 19.3. The Morgan fingerprint density at radius 2 is 2.16 bits per heavy atom. The summed E-state index contributed by atoms with van der Waals surface area (Å²) in [5, 5.41) is 10.7. The largest absolute Gasteiger partial charge is 0.489 e. The standard InChI is InChI=1S/C18H24N4O2.ClH/c1-13(2)12-24-16-11-22(15-6-4-3-5-7-15)21-17(16)18(23)20-14-8-9-19-10-14;/h3-7,11,13-14,19H,8-10,12H2,1-2H3,(H,20,23);1H. The van der Waals surface area contributed by atoms with Gasteiger partial charge in [0.2, 0.25) is 0 Å². The number of carbonyl (C=O) groups excluding carboxylic acids is 1. The molecule has 136 valence electrons. The molecule has 2 N–H and O–H groups in total. The highest BCUT2D eigenvalue weighted by molar-refractivity contribution is 5.95. The molecule has 1 amide bonds. The van der Waals surface area contributed by atoms with Crippen LogP contribution in [-0.2, 0) is 0 Å². The van der Waals surface area contributed by atoms with E-state index >= 15 is 0 Å². The molecule has 1 aliphatic rings. The maximum atomic E-state index is 12.6. The van der Waals surface area contributed by atoms with E-state index in [0.717, 1.165) is 25.2 Å². The van der Waals surface area contributed by atoms with E-state index < -0.39 is 0 Å². The van der Waals surface area contributed by atoms with Crippen molar-refractivity contribution in [1.82, 2.24) is 20.4 Å². The first-order chi connectivity index (χ1) is 11.6. The highest BCUT2D eigenvalue weighted by Crippen LogP contribution is 2.21. The maximum absolute atomic E-state index is 12.6. The zero-order chi connectivity index (χ0) is 16.9. The fourth-order valence-corrected chi connectivity index (χ4v) is 2.62. The van der Waals surface area contributed by atoms with Crippen LogP contribution < -0.4 is 15.4 Å². The smallest absolute Gasteiger partial charge is 0.275 e. The number of para-hydroxylation sites is 1. The number of carbonyl (C=O) groups is 1. The van der Waals surface area contributed by atoms with E-state index in [2.05, 4.69) is 29.6 Å². The molecule has 1 saturated heterocycles. The molecule has 1 aromatic heterocycles. The Kier molecular flexibility index (Phi) is 6.84. The van der Waals surface area contributed by atoms with Gasteiger partial charge < -0.3 is 15.4 Å². The molecule has 1 fully saturated rings. The minimum Gasteiger partial charge on any atom is -0.489 e. The molecular formula is C18H25ClN4O2. The number of benzene rings is 1. The van der Waals surface area contributed by atoms with Crippen molar-refractivity contribution in [3.63, 3.8) is 0 Å². The van der Waals surface area contributed by atoms with Crippen LogP contribution in [0.1, 0.15) is 30.8 Å². The van der Waals surface area contributed by atoms with Crippen molar-refractivity contribution in [3.05, 3.63) is 42.2 Å². The monoisotopic (exact) mass is 364 g/mol. The predicted molar refractivity (Wildman–Crippen MR) is 99.9 cm³/mol. The summed E-state index contributed by atoms with van der Waals surface area (Å²) in [4.78, 5) is 12.6. The lowest BCUT2D eigenvalue weighted by Gasteiger charge is -2.11. The Labute approximate surface area is 154 Å². The molecule has 0 bridgehead atoms. The third-order valence-corrected chi connectivity index (χ3v) is 3.88. The third-order valence-electron chi connectivity index (χ3n) is 3.88. The summed E-state index contributed by atoms with van der Waals surface area (Å²) >= 11 is 0. The topological polar surface area (TPSA) is 68.2 Å². The third kappa shape index (κ3) is 4.96. The van der Waals surface area contributed by atoms with E-state index in [-0.39, 0.29) is 24.4 Å². The van der Waals surface area contributed by atoms with Crippen LogP contribution in [0.25, 0.3) is 5.69 Å². The van der Waals surface area contributed by atoms with Gasteiger partial charge in [0.05, 0.1) is 18.5 Å². The molecule has 25 heavy (non-hydrogen) atoms. The molecule has 0 aliphatic carbocycles. The summed E-state index contributed by atoms with van der Waals surface area (Å²) in [6, 6.07) is 9.87. The van der Waals surface area contributed by atoms with Crippen molar-refractivity contribution in [2.45, 2.75) is 26.3 Å². The van der Waals surface area contributed by atoms with Gasteiger partial charge in [-0.15, -0.1) is 12.4 Å². The zero-order valence-corrected chi connectivity index (χ0v) is 15.4. The van der Waals surface area contributed by atoms with Gasteiger partial charge in [0.25, 0.3) is 5.91 Å². The number of amides is 1. The van der Waals surface area contributed by atoms with Crippen LogP contribution in [0, 0.1) is 5.92 Å². The highest BCUT2D eigenvalue weighted by atomic mass is 35.5. The number of rotatable bonds is 6. The van der Waals surface area contributed by atoms with E-state index in [9.17, 15) is 4.79 Å². The first-order valence-electron chi connectivity index (χ1n) is 8.43. The molecule has 0 radical (unpaired) electrons. The number of nitrogens with zero attached hydrogens (tertiary/aromatic N) is 2. The average Bonchev–Trinajstić information content (AvgIpc) is 3.23. The minimum atomic E-state index is -0.183. The zero-order valence-electron chi connectivity index (χ0n) is 14.6. The van der Waals surface area contributed by atoms with Gasteiger partial charge in [0.1, 0.15) is 0 Å². The molecule has 0 saturated carbocycles. The highest BCUT2D eigenvalue weighted by Gasteiger charge is 2.23. The number of aromatic nitrogens is 2. The Hall–Kier alpha value is -2.05. The Morgan fingerprint density at radius 1 is 1.40 bits per heavy atom. The quantitative estimate of drug-likeness (QED) is 0.826. The minimum absolute atomic E-state index is 0. The van der Waals surface area contributed by atoms with Gasteiger partial charge in [0, 0.05) is 12.6 Å². The summed E-state index contributed by atoms with van der Waals surface area (Å²) in [5.41, 5.74) is 1.24. The summed E-state index contributed by atoms with van der Waals surface area (Å²) in [5.74, 6) is 0.716. The number of halogens is 1. The van der Waals surface area contributed by atoms with Crippen LogP contribution in [0.2, 0.25) is 0 Å². The van der Waals surface area contributed by atoms with Crippen LogP contribution in [0.5, 0.6) is 5.75 Å². The first-order valence-corrected chi connectivity index (χ1v) is 8.43. The average molecular weight is 365 g/mol. The van der Waals surface area contributed by atoms with E-state index in [4.69, 9.17) is 4.74 Å². The van der Waals surface area contributed by atoms with E-state index in [0.29, 0.717) is 24.0 Å². The fraction of sp³-hybridized carbons (Fsp3) is 0.444. The van der Waals surface area contributed by atoms with Crippen LogP contribution >= 0.6 is 12.4 Å². The van der Waals surface area contributed by atoms with Gasteiger partial charge in [-0.2, -0.15) is 5.10 Å².